The normalized spacial score (nSPS) is 10.5. The maximum Gasteiger partial charge on any atom is 0.172 e. The summed E-state index contributed by atoms with van der Waals surface area (Å²) in [5.41, 5.74) is 7.45. The number of rotatable bonds is 3. The summed E-state index contributed by atoms with van der Waals surface area (Å²) in [7, 11) is 1.94. The molecule has 2 aromatic rings. The first-order valence-electron chi connectivity index (χ1n) is 5.18. The van der Waals surface area contributed by atoms with Crippen LogP contribution in [-0.2, 0) is 7.05 Å². The van der Waals surface area contributed by atoms with E-state index in [1.807, 2.05) is 42.9 Å². The first-order valence-corrected chi connectivity index (χ1v) is 6.00. The summed E-state index contributed by atoms with van der Waals surface area (Å²) in [5.74, 6) is 0.0883. The molecule has 17 heavy (non-hydrogen) atoms. The van der Waals surface area contributed by atoms with Gasteiger partial charge in [0.15, 0.2) is 5.16 Å². The van der Waals surface area contributed by atoms with Crippen molar-refractivity contribution in [1.29, 1.82) is 5.41 Å². The lowest BCUT2D eigenvalue weighted by Crippen LogP contribution is -2.12. The average Bonchev–Trinajstić information content (AvgIpc) is 2.67. The second-order valence-electron chi connectivity index (χ2n) is 3.84. The first kappa shape index (κ1) is 11.7. The Morgan fingerprint density at radius 3 is 2.82 bits per heavy atom. The van der Waals surface area contributed by atoms with Crippen LogP contribution in [0.25, 0.3) is 0 Å². The van der Waals surface area contributed by atoms with Crippen LogP contribution in [0.3, 0.4) is 0 Å². The van der Waals surface area contributed by atoms with E-state index in [0.29, 0.717) is 0 Å². The Balaban J connectivity index is 2.39. The molecule has 0 aliphatic heterocycles. The van der Waals surface area contributed by atoms with Gasteiger partial charge in [-0.3, -0.25) is 5.41 Å². The molecule has 0 unspecified atom stereocenters. The smallest absolute Gasteiger partial charge is 0.172 e. The van der Waals surface area contributed by atoms with E-state index in [-0.39, 0.29) is 5.84 Å². The number of imidazole rings is 1. The van der Waals surface area contributed by atoms with Crippen molar-refractivity contribution < 1.29 is 0 Å². The Morgan fingerprint density at radius 2 is 2.24 bits per heavy atom. The molecule has 0 spiro atoms. The fourth-order valence-electron chi connectivity index (χ4n) is 1.49. The number of nitrogens with two attached hydrogens (primary N) is 1. The van der Waals surface area contributed by atoms with Crippen molar-refractivity contribution >= 4 is 17.6 Å². The fraction of sp³-hybridized carbons (Fsp3) is 0.167. The largest absolute Gasteiger partial charge is 0.384 e. The number of nitrogen functional groups attached to an aromatic ring is 1. The number of hydrogen-bond acceptors (Lipinski definition) is 3. The molecule has 1 heterocycles. The quantitative estimate of drug-likeness (QED) is 0.644. The summed E-state index contributed by atoms with van der Waals surface area (Å²) in [4.78, 5) is 5.20. The van der Waals surface area contributed by atoms with Crippen LogP contribution in [-0.4, -0.2) is 15.4 Å². The number of benzene rings is 1. The van der Waals surface area contributed by atoms with Gasteiger partial charge < -0.3 is 10.3 Å². The van der Waals surface area contributed by atoms with Crippen LogP contribution in [0.15, 0.2) is 40.6 Å². The molecule has 0 aliphatic carbocycles. The summed E-state index contributed by atoms with van der Waals surface area (Å²) in [6, 6.07) is 5.91. The van der Waals surface area contributed by atoms with E-state index in [4.69, 9.17) is 11.1 Å². The molecule has 0 fully saturated rings. The summed E-state index contributed by atoms with van der Waals surface area (Å²) >= 11 is 1.52. The monoisotopic (exact) mass is 246 g/mol. The minimum Gasteiger partial charge on any atom is -0.384 e. The van der Waals surface area contributed by atoms with Crippen molar-refractivity contribution in [2.75, 3.05) is 0 Å². The van der Waals surface area contributed by atoms with E-state index in [0.717, 1.165) is 21.2 Å². The van der Waals surface area contributed by atoms with Crippen LogP contribution >= 0.6 is 11.8 Å². The highest BCUT2D eigenvalue weighted by Gasteiger charge is 2.09. The molecule has 0 amide bonds. The van der Waals surface area contributed by atoms with Crippen LogP contribution in [0, 0.1) is 12.3 Å². The van der Waals surface area contributed by atoms with Crippen molar-refractivity contribution in [3.05, 3.63) is 41.7 Å². The molecule has 0 atom stereocenters. The predicted octanol–water partition coefficient (Wildman–Crippen LogP) is 2.16. The van der Waals surface area contributed by atoms with E-state index in [1.165, 1.54) is 11.8 Å². The van der Waals surface area contributed by atoms with Crippen molar-refractivity contribution in [3.8, 4) is 0 Å². The van der Waals surface area contributed by atoms with E-state index in [1.54, 1.807) is 6.20 Å². The lowest BCUT2D eigenvalue weighted by Gasteiger charge is -2.08. The van der Waals surface area contributed by atoms with Crippen molar-refractivity contribution in [2.45, 2.75) is 17.0 Å². The third-order valence-corrected chi connectivity index (χ3v) is 3.56. The zero-order valence-electron chi connectivity index (χ0n) is 9.77. The van der Waals surface area contributed by atoms with Gasteiger partial charge in [-0.15, -0.1) is 0 Å². The van der Waals surface area contributed by atoms with E-state index < -0.39 is 0 Å². The second-order valence-corrected chi connectivity index (χ2v) is 4.85. The number of aryl methyl sites for hydroxylation is 2. The highest BCUT2D eigenvalue weighted by molar-refractivity contribution is 7.99. The van der Waals surface area contributed by atoms with Crippen molar-refractivity contribution in [1.82, 2.24) is 9.55 Å². The molecule has 0 bridgehead atoms. The van der Waals surface area contributed by atoms with Crippen LogP contribution in [0.5, 0.6) is 0 Å². The van der Waals surface area contributed by atoms with Gasteiger partial charge in [-0.1, -0.05) is 23.4 Å². The molecule has 5 heteroatoms. The number of aromatic nitrogens is 2. The summed E-state index contributed by atoms with van der Waals surface area (Å²) in [6.07, 6.45) is 3.65. The van der Waals surface area contributed by atoms with Crippen LogP contribution in [0.2, 0.25) is 0 Å². The van der Waals surface area contributed by atoms with Gasteiger partial charge >= 0.3 is 0 Å². The number of nitrogens with one attached hydrogen (secondary N) is 1. The van der Waals surface area contributed by atoms with E-state index in [9.17, 15) is 0 Å². The summed E-state index contributed by atoms with van der Waals surface area (Å²) in [5, 5.41) is 8.48. The maximum atomic E-state index is 7.59. The van der Waals surface area contributed by atoms with Gasteiger partial charge in [-0.25, -0.2) is 4.98 Å². The molecule has 88 valence electrons. The Labute approximate surface area is 104 Å². The van der Waals surface area contributed by atoms with Gasteiger partial charge in [-0.2, -0.15) is 0 Å². The molecule has 4 nitrogen and oxygen atoms in total. The topological polar surface area (TPSA) is 67.7 Å². The SMILES string of the molecule is Cc1ccc(Sc2nccn2C)c(C(=N)N)c1. The van der Waals surface area contributed by atoms with Crippen LogP contribution in [0.1, 0.15) is 11.1 Å². The molecule has 3 N–H and O–H groups in total. The van der Waals surface area contributed by atoms with Gasteiger partial charge in [0, 0.05) is 29.9 Å². The number of hydrogen-bond donors (Lipinski definition) is 2. The van der Waals surface area contributed by atoms with Crippen molar-refractivity contribution in [3.63, 3.8) is 0 Å². The Morgan fingerprint density at radius 1 is 1.47 bits per heavy atom. The second kappa shape index (κ2) is 4.63. The fourth-order valence-corrected chi connectivity index (χ4v) is 2.42. The van der Waals surface area contributed by atoms with E-state index in [2.05, 4.69) is 4.98 Å². The van der Waals surface area contributed by atoms with E-state index >= 15 is 0 Å². The van der Waals surface area contributed by atoms with Gasteiger partial charge in [-0.05, 0) is 19.1 Å². The third kappa shape index (κ3) is 2.50. The lowest BCUT2D eigenvalue weighted by molar-refractivity contribution is 0.790. The molecule has 1 aromatic heterocycles. The molecule has 0 aliphatic rings. The standard InChI is InChI=1S/C12H14N4S/c1-8-3-4-10(9(7-8)11(13)14)17-12-15-5-6-16(12)2/h3-7H,1-2H3,(H3,13,14). The summed E-state index contributed by atoms with van der Waals surface area (Å²) in [6.45, 7) is 1.99. The maximum absolute atomic E-state index is 7.59. The zero-order chi connectivity index (χ0) is 12.4. The number of nitrogens with zero attached hydrogens (tertiary/aromatic N) is 2. The average molecular weight is 246 g/mol. The molecule has 0 saturated heterocycles. The van der Waals surface area contributed by atoms with Crippen molar-refractivity contribution in [2.24, 2.45) is 12.8 Å². The van der Waals surface area contributed by atoms with Crippen LogP contribution in [0.4, 0.5) is 0 Å². The predicted molar refractivity (Wildman–Crippen MR) is 69.5 cm³/mol. The minimum atomic E-state index is 0.0883. The highest BCUT2D eigenvalue weighted by atomic mass is 32.2. The Bertz CT molecular complexity index is 559. The van der Waals surface area contributed by atoms with Gasteiger partial charge in [0.2, 0.25) is 0 Å². The molecular weight excluding hydrogens is 232 g/mol. The highest BCUT2D eigenvalue weighted by Crippen LogP contribution is 2.29. The van der Waals surface area contributed by atoms with Gasteiger partial charge in [0.1, 0.15) is 5.84 Å². The molecule has 2 rings (SSSR count). The third-order valence-electron chi connectivity index (χ3n) is 2.40. The molecule has 0 radical (unpaired) electrons. The summed E-state index contributed by atoms with van der Waals surface area (Å²) < 4.78 is 1.94. The Kier molecular flexibility index (Phi) is 3.19. The molecule has 1 aromatic carbocycles. The lowest BCUT2D eigenvalue weighted by atomic mass is 10.1. The number of amidine groups is 1. The first-order chi connectivity index (χ1) is 8.08. The zero-order valence-corrected chi connectivity index (χ0v) is 10.6. The minimum absolute atomic E-state index is 0.0883. The Hall–Kier alpha value is -1.75. The molecule has 0 saturated carbocycles. The van der Waals surface area contributed by atoms with Gasteiger partial charge in [0.05, 0.1) is 0 Å². The molecular formula is C12H14N4S. The van der Waals surface area contributed by atoms with Crippen LogP contribution < -0.4 is 5.73 Å². The van der Waals surface area contributed by atoms with Gasteiger partial charge in [0.25, 0.3) is 0 Å².